The van der Waals surface area contributed by atoms with E-state index in [0.717, 1.165) is 38.3 Å². The van der Waals surface area contributed by atoms with Crippen LogP contribution in [0, 0.1) is 18.8 Å². The molecule has 2 unspecified atom stereocenters. The predicted molar refractivity (Wildman–Crippen MR) is 93.3 cm³/mol. The lowest BCUT2D eigenvalue weighted by Crippen LogP contribution is -2.49. The van der Waals surface area contributed by atoms with Gasteiger partial charge in [0.05, 0.1) is 11.8 Å². The second-order valence-electron chi connectivity index (χ2n) is 6.85. The van der Waals surface area contributed by atoms with Crippen molar-refractivity contribution < 1.29 is 9.59 Å². The molecule has 3 rings (SSSR count). The van der Waals surface area contributed by atoms with Gasteiger partial charge in [0.15, 0.2) is 0 Å². The Kier molecular flexibility index (Phi) is 5.19. The van der Waals surface area contributed by atoms with E-state index in [2.05, 4.69) is 17.1 Å². The highest BCUT2D eigenvalue weighted by atomic mass is 16.2. The number of carbonyl (C=O) groups excluding carboxylic acids is 2. The Balaban J connectivity index is 1.45. The van der Waals surface area contributed by atoms with Gasteiger partial charge in [0, 0.05) is 32.7 Å². The smallest absolute Gasteiger partial charge is 0.226 e. The van der Waals surface area contributed by atoms with Crippen LogP contribution in [0.25, 0.3) is 0 Å². The molecule has 2 atom stereocenters. The maximum Gasteiger partial charge on any atom is 0.226 e. The molecule has 0 spiro atoms. The van der Waals surface area contributed by atoms with Gasteiger partial charge in [-0.1, -0.05) is 31.2 Å². The third-order valence-electron chi connectivity index (χ3n) is 5.29. The number of nitrogens with zero attached hydrogens (tertiary/aromatic N) is 2. The van der Waals surface area contributed by atoms with Gasteiger partial charge >= 0.3 is 0 Å². The summed E-state index contributed by atoms with van der Waals surface area (Å²) in [6, 6.07) is 8.04. The third kappa shape index (κ3) is 3.78. The number of hydrogen-bond donors (Lipinski definition) is 1. The van der Waals surface area contributed by atoms with E-state index in [4.69, 9.17) is 0 Å². The Morgan fingerprint density at radius 3 is 2.50 bits per heavy atom. The standard InChI is InChI=1S/C19H27N3O2/c1-3-21-8-10-22(11-9-21)19(24)17-12-16(17)18(23)20-13-15-7-5-4-6-14(15)2/h4-7,16-17H,3,8-13H2,1-2H3,(H,20,23). The average molecular weight is 329 g/mol. The SMILES string of the molecule is CCN1CCN(C(=O)C2CC2C(=O)NCc2ccccc2C)CC1. The van der Waals surface area contributed by atoms with Crippen LogP contribution >= 0.6 is 0 Å². The number of hydrogen-bond acceptors (Lipinski definition) is 3. The molecule has 24 heavy (non-hydrogen) atoms. The molecule has 1 aromatic rings. The average Bonchev–Trinajstić information content (AvgIpc) is 3.41. The molecule has 2 amide bonds. The lowest BCUT2D eigenvalue weighted by Gasteiger charge is -2.34. The fourth-order valence-corrected chi connectivity index (χ4v) is 3.40. The topological polar surface area (TPSA) is 52.7 Å². The molecule has 2 fully saturated rings. The molecule has 1 N–H and O–H groups in total. The molecule has 2 aliphatic rings. The molecule has 0 bridgehead atoms. The number of aryl methyl sites for hydroxylation is 1. The van der Waals surface area contributed by atoms with Crippen molar-refractivity contribution in [3.05, 3.63) is 35.4 Å². The summed E-state index contributed by atoms with van der Waals surface area (Å²) in [6.07, 6.45) is 0.701. The van der Waals surface area contributed by atoms with Crippen LogP contribution in [-0.2, 0) is 16.1 Å². The Morgan fingerprint density at radius 1 is 1.12 bits per heavy atom. The molecular formula is C19H27N3O2. The highest BCUT2D eigenvalue weighted by molar-refractivity contribution is 5.92. The lowest BCUT2D eigenvalue weighted by atomic mass is 10.1. The van der Waals surface area contributed by atoms with E-state index >= 15 is 0 Å². The van der Waals surface area contributed by atoms with Crippen LogP contribution in [0.3, 0.4) is 0 Å². The normalized spacial score (nSPS) is 23.8. The van der Waals surface area contributed by atoms with Crippen molar-refractivity contribution >= 4 is 11.8 Å². The Labute approximate surface area is 144 Å². The molecule has 1 aromatic carbocycles. The van der Waals surface area contributed by atoms with Crippen LogP contribution in [0.15, 0.2) is 24.3 Å². The number of likely N-dealkylation sites (N-methyl/N-ethyl adjacent to an activating group) is 1. The van der Waals surface area contributed by atoms with Crippen molar-refractivity contribution in [3.8, 4) is 0 Å². The number of carbonyl (C=O) groups is 2. The minimum atomic E-state index is -0.134. The van der Waals surface area contributed by atoms with Crippen molar-refractivity contribution in [2.75, 3.05) is 32.7 Å². The maximum atomic E-state index is 12.5. The summed E-state index contributed by atoms with van der Waals surface area (Å²) in [5.41, 5.74) is 2.31. The van der Waals surface area contributed by atoms with E-state index in [-0.39, 0.29) is 23.7 Å². The van der Waals surface area contributed by atoms with Crippen molar-refractivity contribution in [1.29, 1.82) is 0 Å². The van der Waals surface area contributed by atoms with Gasteiger partial charge in [0.1, 0.15) is 0 Å². The molecule has 1 heterocycles. The summed E-state index contributed by atoms with van der Waals surface area (Å²) in [6.45, 7) is 9.24. The summed E-state index contributed by atoms with van der Waals surface area (Å²) in [7, 11) is 0. The summed E-state index contributed by atoms with van der Waals surface area (Å²) in [5.74, 6) is -0.0497. The van der Waals surface area contributed by atoms with E-state index in [0.29, 0.717) is 13.0 Å². The van der Waals surface area contributed by atoms with E-state index in [1.807, 2.05) is 36.1 Å². The van der Waals surface area contributed by atoms with Gasteiger partial charge < -0.3 is 15.1 Å². The number of benzene rings is 1. The first-order valence-corrected chi connectivity index (χ1v) is 8.93. The zero-order chi connectivity index (χ0) is 17.1. The second kappa shape index (κ2) is 7.34. The van der Waals surface area contributed by atoms with E-state index < -0.39 is 0 Å². The quantitative estimate of drug-likeness (QED) is 0.889. The van der Waals surface area contributed by atoms with Gasteiger partial charge in [-0.2, -0.15) is 0 Å². The van der Waals surface area contributed by atoms with Crippen LogP contribution in [-0.4, -0.2) is 54.3 Å². The van der Waals surface area contributed by atoms with Gasteiger partial charge in [-0.25, -0.2) is 0 Å². The summed E-state index contributed by atoms with van der Waals surface area (Å²) < 4.78 is 0. The Bertz CT molecular complexity index is 608. The van der Waals surface area contributed by atoms with Crippen LogP contribution in [0.5, 0.6) is 0 Å². The molecule has 5 heteroatoms. The molecular weight excluding hydrogens is 302 g/mol. The molecule has 130 valence electrons. The van der Waals surface area contributed by atoms with Crippen molar-refractivity contribution in [1.82, 2.24) is 15.1 Å². The minimum Gasteiger partial charge on any atom is -0.352 e. The second-order valence-corrected chi connectivity index (χ2v) is 6.85. The minimum absolute atomic E-state index is 0.0174. The maximum absolute atomic E-state index is 12.5. The first-order valence-electron chi connectivity index (χ1n) is 8.93. The van der Waals surface area contributed by atoms with E-state index in [1.54, 1.807) is 0 Å². The molecule has 1 aliphatic heterocycles. The molecule has 5 nitrogen and oxygen atoms in total. The molecule has 1 saturated carbocycles. The molecule has 0 radical (unpaired) electrons. The monoisotopic (exact) mass is 329 g/mol. The first kappa shape index (κ1) is 17.0. The zero-order valence-corrected chi connectivity index (χ0v) is 14.6. The van der Waals surface area contributed by atoms with Gasteiger partial charge in [0.25, 0.3) is 0 Å². The molecule has 0 aromatic heterocycles. The van der Waals surface area contributed by atoms with Gasteiger partial charge in [-0.15, -0.1) is 0 Å². The third-order valence-corrected chi connectivity index (χ3v) is 5.29. The number of amides is 2. The van der Waals surface area contributed by atoms with Crippen LogP contribution in [0.2, 0.25) is 0 Å². The van der Waals surface area contributed by atoms with Crippen molar-refractivity contribution in [2.24, 2.45) is 11.8 Å². The highest BCUT2D eigenvalue weighted by Gasteiger charge is 2.49. The molecule has 1 saturated heterocycles. The summed E-state index contributed by atoms with van der Waals surface area (Å²) in [5, 5.41) is 2.99. The van der Waals surface area contributed by atoms with Gasteiger partial charge in [-0.05, 0) is 31.0 Å². The highest BCUT2D eigenvalue weighted by Crippen LogP contribution is 2.40. The number of piperazine rings is 1. The fourth-order valence-electron chi connectivity index (χ4n) is 3.40. The van der Waals surface area contributed by atoms with Crippen LogP contribution in [0.4, 0.5) is 0 Å². The largest absolute Gasteiger partial charge is 0.352 e. The van der Waals surface area contributed by atoms with Crippen LogP contribution in [0.1, 0.15) is 24.5 Å². The van der Waals surface area contributed by atoms with E-state index in [1.165, 1.54) is 5.56 Å². The van der Waals surface area contributed by atoms with Crippen LogP contribution < -0.4 is 5.32 Å². The van der Waals surface area contributed by atoms with Gasteiger partial charge in [0.2, 0.25) is 11.8 Å². The molecule has 1 aliphatic carbocycles. The van der Waals surface area contributed by atoms with Gasteiger partial charge in [-0.3, -0.25) is 9.59 Å². The zero-order valence-electron chi connectivity index (χ0n) is 14.6. The van der Waals surface area contributed by atoms with Crippen molar-refractivity contribution in [2.45, 2.75) is 26.8 Å². The lowest BCUT2D eigenvalue weighted by molar-refractivity contribution is -0.136. The van der Waals surface area contributed by atoms with E-state index in [9.17, 15) is 9.59 Å². The Hall–Kier alpha value is -1.88. The number of nitrogens with one attached hydrogen (secondary N) is 1. The first-order chi connectivity index (χ1) is 11.6. The van der Waals surface area contributed by atoms with Crippen molar-refractivity contribution in [3.63, 3.8) is 0 Å². The predicted octanol–water partition coefficient (Wildman–Crippen LogP) is 1.41. The Morgan fingerprint density at radius 2 is 1.83 bits per heavy atom. The summed E-state index contributed by atoms with van der Waals surface area (Å²) in [4.78, 5) is 29.1. The fraction of sp³-hybridized carbons (Fsp3) is 0.579. The number of rotatable bonds is 5. The summed E-state index contributed by atoms with van der Waals surface area (Å²) >= 11 is 0.